The highest BCUT2D eigenvalue weighted by atomic mass is 32.1. The summed E-state index contributed by atoms with van der Waals surface area (Å²) in [5, 5.41) is 8.22. The molecule has 0 spiro atoms. The van der Waals surface area contributed by atoms with Crippen molar-refractivity contribution in [1.82, 2.24) is 10.3 Å². The molecule has 110 valence electrons. The van der Waals surface area contributed by atoms with Gasteiger partial charge in [-0.3, -0.25) is 4.79 Å². The molecule has 0 aliphatic heterocycles. The van der Waals surface area contributed by atoms with E-state index < -0.39 is 0 Å². The van der Waals surface area contributed by atoms with E-state index in [1.807, 2.05) is 5.38 Å². The van der Waals surface area contributed by atoms with E-state index in [0.29, 0.717) is 22.9 Å². The second kappa shape index (κ2) is 6.32. The minimum absolute atomic E-state index is 0.101. The third-order valence-electron chi connectivity index (χ3n) is 3.29. The van der Waals surface area contributed by atoms with Gasteiger partial charge in [0, 0.05) is 10.9 Å². The van der Waals surface area contributed by atoms with E-state index in [2.05, 4.69) is 15.6 Å². The smallest absolute Gasteiger partial charge is 0.240 e. The van der Waals surface area contributed by atoms with Crippen molar-refractivity contribution in [3.63, 3.8) is 0 Å². The van der Waals surface area contributed by atoms with Crippen LogP contribution in [0.15, 0.2) is 29.6 Å². The number of halogens is 1. The van der Waals surface area contributed by atoms with Crippen LogP contribution in [0.2, 0.25) is 0 Å². The lowest BCUT2D eigenvalue weighted by Crippen LogP contribution is -2.29. The second-order valence-corrected chi connectivity index (χ2v) is 6.03. The number of hydrogen-bond donors (Lipinski definition) is 2. The van der Waals surface area contributed by atoms with Gasteiger partial charge in [-0.15, -0.1) is 11.3 Å². The van der Waals surface area contributed by atoms with Crippen molar-refractivity contribution in [2.45, 2.75) is 12.8 Å². The van der Waals surface area contributed by atoms with Crippen LogP contribution in [0.3, 0.4) is 0 Å². The van der Waals surface area contributed by atoms with Crippen LogP contribution in [-0.4, -0.2) is 24.0 Å². The Bertz CT molecular complexity index is 639. The first kappa shape index (κ1) is 14.2. The van der Waals surface area contributed by atoms with Crippen LogP contribution >= 0.6 is 11.3 Å². The number of carbonyl (C=O) groups is 1. The summed E-state index contributed by atoms with van der Waals surface area (Å²) in [4.78, 5) is 16.1. The third kappa shape index (κ3) is 4.09. The maximum absolute atomic E-state index is 13.2. The first-order chi connectivity index (χ1) is 10.2. The maximum atomic E-state index is 13.2. The highest BCUT2D eigenvalue weighted by molar-refractivity contribution is 7.14. The molecular formula is C15H16FN3OS. The molecule has 0 unspecified atom stereocenters. The summed E-state index contributed by atoms with van der Waals surface area (Å²) in [6, 6.07) is 6.26. The Morgan fingerprint density at radius 3 is 3.05 bits per heavy atom. The Morgan fingerprint density at radius 2 is 2.29 bits per heavy atom. The quantitative estimate of drug-likeness (QED) is 0.863. The Balaban J connectivity index is 1.55. The van der Waals surface area contributed by atoms with E-state index in [1.54, 1.807) is 12.1 Å². The lowest BCUT2D eigenvalue weighted by Gasteiger charge is -2.03. The van der Waals surface area contributed by atoms with Crippen molar-refractivity contribution in [2.24, 2.45) is 5.92 Å². The van der Waals surface area contributed by atoms with Gasteiger partial charge in [0.15, 0.2) is 5.13 Å². The van der Waals surface area contributed by atoms with Crippen LogP contribution in [0.25, 0.3) is 11.3 Å². The molecule has 6 heteroatoms. The fraction of sp³-hybridized carbons (Fsp3) is 0.333. The summed E-state index contributed by atoms with van der Waals surface area (Å²) in [6.07, 6.45) is 2.52. The minimum atomic E-state index is -0.296. The van der Waals surface area contributed by atoms with E-state index in [-0.39, 0.29) is 11.7 Å². The molecule has 1 aromatic heterocycles. The van der Waals surface area contributed by atoms with Gasteiger partial charge < -0.3 is 10.6 Å². The number of benzene rings is 1. The molecule has 4 nitrogen and oxygen atoms in total. The Labute approximate surface area is 126 Å². The van der Waals surface area contributed by atoms with Crippen molar-refractivity contribution in [3.05, 3.63) is 35.5 Å². The summed E-state index contributed by atoms with van der Waals surface area (Å²) in [6.45, 7) is 1.20. The van der Waals surface area contributed by atoms with Gasteiger partial charge in [0.05, 0.1) is 12.2 Å². The lowest BCUT2D eigenvalue weighted by atomic mass is 10.2. The molecular weight excluding hydrogens is 289 g/mol. The molecule has 3 rings (SSSR count). The van der Waals surface area contributed by atoms with Crippen LogP contribution < -0.4 is 10.6 Å². The van der Waals surface area contributed by atoms with Crippen molar-refractivity contribution < 1.29 is 9.18 Å². The minimum Gasteiger partial charge on any atom is -0.308 e. The third-order valence-corrected chi connectivity index (χ3v) is 4.04. The fourth-order valence-corrected chi connectivity index (χ4v) is 2.72. The molecule has 21 heavy (non-hydrogen) atoms. The average molecular weight is 305 g/mol. The Morgan fingerprint density at radius 1 is 1.43 bits per heavy atom. The number of hydrogen-bond acceptors (Lipinski definition) is 4. The summed E-state index contributed by atoms with van der Waals surface area (Å²) >= 11 is 1.34. The Hall–Kier alpha value is -1.79. The summed E-state index contributed by atoms with van der Waals surface area (Å²) in [7, 11) is 0. The topological polar surface area (TPSA) is 54.0 Å². The van der Waals surface area contributed by atoms with E-state index in [0.717, 1.165) is 12.5 Å². The number of nitrogens with one attached hydrogen (secondary N) is 2. The number of rotatable bonds is 6. The van der Waals surface area contributed by atoms with E-state index >= 15 is 0 Å². The molecule has 0 radical (unpaired) electrons. The molecule has 1 aliphatic carbocycles. The molecule has 1 fully saturated rings. The maximum Gasteiger partial charge on any atom is 0.240 e. The summed E-state index contributed by atoms with van der Waals surface area (Å²) in [5.41, 5.74) is 1.37. The normalized spacial score (nSPS) is 14.1. The van der Waals surface area contributed by atoms with Crippen molar-refractivity contribution in [1.29, 1.82) is 0 Å². The van der Waals surface area contributed by atoms with Crippen molar-refractivity contribution >= 4 is 22.4 Å². The van der Waals surface area contributed by atoms with Gasteiger partial charge in [-0.1, -0.05) is 12.1 Å². The molecule has 1 heterocycles. The van der Waals surface area contributed by atoms with Crippen LogP contribution in [-0.2, 0) is 4.79 Å². The van der Waals surface area contributed by atoms with Crippen molar-refractivity contribution in [2.75, 3.05) is 18.4 Å². The van der Waals surface area contributed by atoms with Gasteiger partial charge in [-0.25, -0.2) is 9.37 Å². The fourth-order valence-electron chi connectivity index (χ4n) is 1.99. The summed E-state index contributed by atoms with van der Waals surface area (Å²) in [5.74, 6) is 0.350. The zero-order valence-corrected chi connectivity index (χ0v) is 12.3. The van der Waals surface area contributed by atoms with Gasteiger partial charge in [0.25, 0.3) is 0 Å². The zero-order valence-electron chi connectivity index (χ0n) is 11.4. The molecule has 2 aromatic rings. The highest BCUT2D eigenvalue weighted by Crippen LogP contribution is 2.27. The van der Waals surface area contributed by atoms with E-state index in [9.17, 15) is 9.18 Å². The highest BCUT2D eigenvalue weighted by Gasteiger charge is 2.20. The molecule has 0 atom stereocenters. The number of carbonyl (C=O) groups excluding carboxylic acids is 1. The number of aromatic nitrogens is 1. The molecule has 2 N–H and O–H groups in total. The van der Waals surface area contributed by atoms with Gasteiger partial charge in [0.2, 0.25) is 5.91 Å². The monoisotopic (exact) mass is 305 g/mol. The van der Waals surface area contributed by atoms with Gasteiger partial charge in [-0.05, 0) is 37.4 Å². The SMILES string of the molecule is O=C(CNCC1CC1)Nc1nc(-c2cccc(F)c2)cs1. The van der Waals surface area contributed by atoms with Crippen molar-refractivity contribution in [3.8, 4) is 11.3 Å². The predicted molar refractivity (Wildman–Crippen MR) is 81.7 cm³/mol. The Kier molecular flexibility index (Phi) is 4.26. The number of nitrogens with zero attached hydrogens (tertiary/aromatic N) is 1. The van der Waals surface area contributed by atoms with E-state index in [1.165, 1.54) is 36.3 Å². The van der Waals surface area contributed by atoms with Crippen LogP contribution in [0.1, 0.15) is 12.8 Å². The standard InChI is InChI=1S/C15H16FN3OS/c16-12-3-1-2-11(6-12)13-9-21-15(18-13)19-14(20)8-17-7-10-4-5-10/h1-3,6,9-10,17H,4-5,7-8H2,(H,18,19,20). The molecule has 1 saturated carbocycles. The number of anilines is 1. The van der Waals surface area contributed by atoms with Gasteiger partial charge >= 0.3 is 0 Å². The second-order valence-electron chi connectivity index (χ2n) is 5.17. The van der Waals surface area contributed by atoms with Gasteiger partial charge in [0.1, 0.15) is 5.82 Å². The first-order valence-corrected chi connectivity index (χ1v) is 7.81. The largest absolute Gasteiger partial charge is 0.308 e. The average Bonchev–Trinajstić information content (AvgIpc) is 3.16. The first-order valence-electron chi connectivity index (χ1n) is 6.93. The van der Waals surface area contributed by atoms with Crippen LogP contribution in [0, 0.1) is 11.7 Å². The molecule has 0 saturated heterocycles. The lowest BCUT2D eigenvalue weighted by molar-refractivity contribution is -0.115. The predicted octanol–water partition coefficient (Wildman–Crippen LogP) is 2.89. The number of amides is 1. The molecule has 0 bridgehead atoms. The summed E-state index contributed by atoms with van der Waals surface area (Å²) < 4.78 is 13.2. The molecule has 1 aliphatic rings. The van der Waals surface area contributed by atoms with Gasteiger partial charge in [-0.2, -0.15) is 0 Å². The zero-order chi connectivity index (χ0) is 14.7. The molecule has 1 aromatic carbocycles. The molecule has 1 amide bonds. The van der Waals surface area contributed by atoms with E-state index in [4.69, 9.17) is 0 Å². The van der Waals surface area contributed by atoms with Crippen LogP contribution in [0.5, 0.6) is 0 Å². The van der Waals surface area contributed by atoms with Crippen LogP contribution in [0.4, 0.5) is 9.52 Å². The number of thiazole rings is 1.